The molecule has 0 radical (unpaired) electrons. The van der Waals surface area contributed by atoms with Crippen LogP contribution < -0.4 is 5.32 Å². The standard InChI is InChI=1S/C15H19ClF3N/c1-9-3-4-13(5-10(9)2)20-14-7-11(15(17,18)19)6-12(16)8-14/h6-10,13,20H,3-5H2,1-2H3. The maximum absolute atomic E-state index is 12.8. The lowest BCUT2D eigenvalue weighted by molar-refractivity contribution is -0.137. The van der Waals surface area contributed by atoms with Gasteiger partial charge in [0.25, 0.3) is 0 Å². The highest BCUT2D eigenvalue weighted by Crippen LogP contribution is 2.35. The van der Waals surface area contributed by atoms with E-state index in [2.05, 4.69) is 19.2 Å². The summed E-state index contributed by atoms with van der Waals surface area (Å²) in [6, 6.07) is 3.87. The van der Waals surface area contributed by atoms with Gasteiger partial charge < -0.3 is 5.32 Å². The highest BCUT2D eigenvalue weighted by molar-refractivity contribution is 6.30. The van der Waals surface area contributed by atoms with E-state index < -0.39 is 11.7 Å². The van der Waals surface area contributed by atoms with Gasteiger partial charge in [0.15, 0.2) is 0 Å². The van der Waals surface area contributed by atoms with Gasteiger partial charge in [-0.2, -0.15) is 13.2 Å². The maximum Gasteiger partial charge on any atom is 0.416 e. The molecule has 5 heteroatoms. The predicted octanol–water partition coefficient (Wildman–Crippen LogP) is 5.60. The molecule has 3 unspecified atom stereocenters. The number of benzene rings is 1. The first-order valence-corrected chi connectivity index (χ1v) is 7.28. The fourth-order valence-corrected chi connectivity index (χ4v) is 2.99. The lowest BCUT2D eigenvalue weighted by Gasteiger charge is -2.33. The molecule has 0 bridgehead atoms. The van der Waals surface area contributed by atoms with E-state index in [4.69, 9.17) is 11.6 Å². The Bertz CT molecular complexity index is 473. The number of hydrogen-bond acceptors (Lipinski definition) is 1. The lowest BCUT2D eigenvalue weighted by Crippen LogP contribution is -2.30. The third-order valence-electron chi connectivity index (χ3n) is 4.19. The summed E-state index contributed by atoms with van der Waals surface area (Å²) in [5.41, 5.74) is -0.249. The van der Waals surface area contributed by atoms with Gasteiger partial charge in [0.1, 0.15) is 0 Å². The third kappa shape index (κ3) is 3.81. The van der Waals surface area contributed by atoms with Crippen LogP contribution in [0.25, 0.3) is 0 Å². The molecular weight excluding hydrogens is 287 g/mol. The number of nitrogens with one attached hydrogen (secondary N) is 1. The Morgan fingerprint density at radius 2 is 1.80 bits per heavy atom. The predicted molar refractivity (Wildman–Crippen MR) is 76.0 cm³/mol. The second kappa shape index (κ2) is 5.84. The Balaban J connectivity index is 2.12. The van der Waals surface area contributed by atoms with Gasteiger partial charge in [-0.25, -0.2) is 0 Å². The third-order valence-corrected chi connectivity index (χ3v) is 4.41. The van der Waals surface area contributed by atoms with Crippen molar-refractivity contribution in [2.24, 2.45) is 11.8 Å². The molecule has 0 aliphatic heterocycles. The van der Waals surface area contributed by atoms with Crippen LogP contribution in [-0.4, -0.2) is 6.04 Å². The van der Waals surface area contributed by atoms with Crippen molar-refractivity contribution in [2.45, 2.75) is 45.3 Å². The van der Waals surface area contributed by atoms with E-state index in [0.717, 1.165) is 31.4 Å². The zero-order chi connectivity index (χ0) is 14.9. The minimum Gasteiger partial charge on any atom is -0.382 e. The summed E-state index contributed by atoms with van der Waals surface area (Å²) in [5.74, 6) is 1.26. The molecule has 1 fully saturated rings. The first kappa shape index (κ1) is 15.5. The van der Waals surface area contributed by atoms with Crippen molar-refractivity contribution in [3.8, 4) is 0 Å². The number of anilines is 1. The van der Waals surface area contributed by atoms with Crippen molar-refractivity contribution in [3.63, 3.8) is 0 Å². The van der Waals surface area contributed by atoms with Crippen LogP contribution in [0.3, 0.4) is 0 Å². The fraction of sp³-hybridized carbons (Fsp3) is 0.600. The van der Waals surface area contributed by atoms with E-state index >= 15 is 0 Å². The van der Waals surface area contributed by atoms with Gasteiger partial charge >= 0.3 is 6.18 Å². The summed E-state index contributed by atoms with van der Waals surface area (Å²) in [5, 5.41) is 3.31. The largest absolute Gasteiger partial charge is 0.416 e. The minimum absolute atomic E-state index is 0.111. The maximum atomic E-state index is 12.8. The van der Waals surface area contributed by atoms with Crippen LogP contribution in [0, 0.1) is 11.8 Å². The van der Waals surface area contributed by atoms with Crippen LogP contribution in [0.1, 0.15) is 38.7 Å². The van der Waals surface area contributed by atoms with Crippen molar-refractivity contribution in [2.75, 3.05) is 5.32 Å². The van der Waals surface area contributed by atoms with Crippen molar-refractivity contribution < 1.29 is 13.2 Å². The van der Waals surface area contributed by atoms with E-state index in [9.17, 15) is 13.2 Å². The molecule has 20 heavy (non-hydrogen) atoms. The summed E-state index contributed by atoms with van der Waals surface area (Å²) in [4.78, 5) is 0. The monoisotopic (exact) mass is 305 g/mol. The quantitative estimate of drug-likeness (QED) is 0.750. The summed E-state index contributed by atoms with van der Waals surface area (Å²) in [7, 11) is 0. The number of halogens is 4. The number of alkyl halides is 3. The molecule has 1 aliphatic rings. The average Bonchev–Trinajstić information content (AvgIpc) is 2.32. The second-order valence-electron chi connectivity index (χ2n) is 5.84. The number of rotatable bonds is 2. The van der Waals surface area contributed by atoms with Gasteiger partial charge in [-0.1, -0.05) is 25.4 Å². The van der Waals surface area contributed by atoms with Crippen molar-refractivity contribution in [1.82, 2.24) is 0 Å². The van der Waals surface area contributed by atoms with Crippen molar-refractivity contribution in [3.05, 3.63) is 28.8 Å². The Morgan fingerprint density at radius 3 is 2.40 bits per heavy atom. The lowest BCUT2D eigenvalue weighted by atomic mass is 9.79. The zero-order valence-corrected chi connectivity index (χ0v) is 12.4. The Labute approximate surface area is 122 Å². The van der Waals surface area contributed by atoms with Gasteiger partial charge in [-0.15, -0.1) is 0 Å². The van der Waals surface area contributed by atoms with Crippen molar-refractivity contribution in [1.29, 1.82) is 0 Å². The molecule has 3 atom stereocenters. The van der Waals surface area contributed by atoms with Crippen LogP contribution in [0.2, 0.25) is 5.02 Å². The molecule has 1 aromatic rings. The van der Waals surface area contributed by atoms with E-state index in [1.165, 1.54) is 0 Å². The molecule has 112 valence electrons. The zero-order valence-electron chi connectivity index (χ0n) is 11.6. The molecule has 0 spiro atoms. The summed E-state index contributed by atoms with van der Waals surface area (Å²) < 4.78 is 38.3. The molecular formula is C15H19ClF3N. The molecule has 0 amide bonds. The van der Waals surface area contributed by atoms with Crippen LogP contribution >= 0.6 is 11.6 Å². The van der Waals surface area contributed by atoms with Gasteiger partial charge in [0.2, 0.25) is 0 Å². The van der Waals surface area contributed by atoms with E-state index in [1.807, 2.05) is 0 Å². The molecule has 1 saturated carbocycles. The first-order valence-electron chi connectivity index (χ1n) is 6.90. The van der Waals surface area contributed by atoms with Crippen LogP contribution in [0.4, 0.5) is 18.9 Å². The summed E-state index contributed by atoms with van der Waals surface area (Å²) in [6.45, 7) is 4.42. The SMILES string of the molecule is CC1CCC(Nc2cc(Cl)cc(C(F)(F)F)c2)CC1C. The molecule has 1 N–H and O–H groups in total. The van der Waals surface area contributed by atoms with Crippen LogP contribution in [0.15, 0.2) is 18.2 Å². The number of hydrogen-bond donors (Lipinski definition) is 1. The topological polar surface area (TPSA) is 12.0 Å². The normalized spacial score (nSPS) is 27.4. The summed E-state index contributed by atoms with van der Waals surface area (Å²) >= 11 is 5.79. The Morgan fingerprint density at radius 1 is 1.10 bits per heavy atom. The van der Waals surface area contributed by atoms with Gasteiger partial charge in [0.05, 0.1) is 5.56 Å². The highest BCUT2D eigenvalue weighted by atomic mass is 35.5. The smallest absolute Gasteiger partial charge is 0.382 e. The van der Waals surface area contributed by atoms with E-state index in [0.29, 0.717) is 17.5 Å². The molecule has 1 nitrogen and oxygen atoms in total. The molecule has 2 rings (SSSR count). The van der Waals surface area contributed by atoms with Crippen LogP contribution in [-0.2, 0) is 6.18 Å². The molecule has 1 aliphatic carbocycles. The molecule has 0 saturated heterocycles. The van der Waals surface area contributed by atoms with Gasteiger partial charge in [0, 0.05) is 16.8 Å². The Kier molecular flexibility index (Phi) is 4.52. The van der Waals surface area contributed by atoms with E-state index in [1.54, 1.807) is 6.07 Å². The molecule has 1 aromatic carbocycles. The summed E-state index contributed by atoms with van der Waals surface area (Å²) in [6.07, 6.45) is -1.30. The van der Waals surface area contributed by atoms with Crippen LogP contribution in [0.5, 0.6) is 0 Å². The molecule has 0 aromatic heterocycles. The fourth-order valence-electron chi connectivity index (χ4n) is 2.75. The minimum atomic E-state index is -4.37. The molecule has 0 heterocycles. The second-order valence-corrected chi connectivity index (χ2v) is 6.27. The first-order chi connectivity index (χ1) is 9.25. The highest BCUT2D eigenvalue weighted by Gasteiger charge is 2.31. The Hall–Kier alpha value is -0.900. The average molecular weight is 306 g/mol. The van der Waals surface area contributed by atoms with Gasteiger partial charge in [-0.3, -0.25) is 0 Å². The van der Waals surface area contributed by atoms with Gasteiger partial charge in [-0.05, 0) is 49.3 Å². The van der Waals surface area contributed by atoms with Crippen molar-refractivity contribution >= 4 is 17.3 Å². The van der Waals surface area contributed by atoms with E-state index in [-0.39, 0.29) is 11.1 Å².